The van der Waals surface area contributed by atoms with Crippen molar-refractivity contribution in [3.05, 3.63) is 47.5 Å². The number of dihydropyridines is 1. The lowest BCUT2D eigenvalue weighted by molar-refractivity contribution is 0.598. The van der Waals surface area contributed by atoms with Gasteiger partial charge < -0.3 is 5.73 Å². The fourth-order valence-corrected chi connectivity index (χ4v) is 2.82. The largest absolute Gasteiger partial charge is 0.301 e. The maximum atomic E-state index is 6.35. The summed E-state index contributed by atoms with van der Waals surface area (Å²) in [6.07, 6.45) is 3.78. The lowest BCUT2D eigenvalue weighted by Gasteiger charge is -2.25. The summed E-state index contributed by atoms with van der Waals surface area (Å²) in [6, 6.07) is 8.08. The minimum atomic E-state index is -0.806. The van der Waals surface area contributed by atoms with Gasteiger partial charge in [0.1, 0.15) is 5.04 Å². The van der Waals surface area contributed by atoms with Crippen molar-refractivity contribution in [3.8, 4) is 0 Å². The summed E-state index contributed by atoms with van der Waals surface area (Å²) >= 11 is 1.44. The van der Waals surface area contributed by atoms with Crippen LogP contribution in [-0.2, 0) is 5.66 Å². The molecular formula is C13H14N4S. The van der Waals surface area contributed by atoms with Gasteiger partial charge in [-0.2, -0.15) is 0 Å². The zero-order valence-corrected chi connectivity index (χ0v) is 10.8. The highest BCUT2D eigenvalue weighted by Gasteiger charge is 2.32. The lowest BCUT2D eigenvalue weighted by atomic mass is 9.97. The quantitative estimate of drug-likeness (QED) is 0.801. The fourth-order valence-electron chi connectivity index (χ4n) is 1.98. The van der Waals surface area contributed by atoms with E-state index in [9.17, 15) is 0 Å². The van der Waals surface area contributed by atoms with Crippen molar-refractivity contribution in [1.82, 2.24) is 0 Å². The van der Waals surface area contributed by atoms with Crippen LogP contribution >= 0.6 is 11.8 Å². The van der Waals surface area contributed by atoms with E-state index in [1.807, 2.05) is 43.3 Å². The summed E-state index contributed by atoms with van der Waals surface area (Å²) in [5, 5.41) is 0.827. The van der Waals surface area contributed by atoms with Gasteiger partial charge in [-0.25, -0.2) is 4.99 Å². The van der Waals surface area contributed by atoms with Gasteiger partial charge in [0.25, 0.3) is 0 Å². The number of thioether (sulfide) groups is 1. The Balaban J connectivity index is 2.00. The van der Waals surface area contributed by atoms with Gasteiger partial charge in [0, 0.05) is 0 Å². The zero-order valence-electron chi connectivity index (χ0n) is 10.00. The summed E-state index contributed by atoms with van der Waals surface area (Å²) in [4.78, 5) is 8.85. The van der Waals surface area contributed by atoms with E-state index in [1.54, 1.807) is 0 Å². The lowest BCUT2D eigenvalue weighted by Crippen LogP contribution is -2.36. The van der Waals surface area contributed by atoms with Gasteiger partial charge in [-0.1, -0.05) is 41.6 Å². The molecule has 0 saturated carbocycles. The standard InChI is InChI=1S/C13H14N4S/c1-8-2-4-9(5-3-8)13(15)7-6-10-11(17-13)18-12(14)16-10/h2-7,12H,14-15H2,1H3. The third-order valence-electron chi connectivity index (χ3n) is 3.01. The molecule has 2 unspecified atom stereocenters. The van der Waals surface area contributed by atoms with Crippen LogP contribution in [0.2, 0.25) is 0 Å². The predicted octanol–water partition coefficient (Wildman–Crippen LogP) is 1.50. The van der Waals surface area contributed by atoms with E-state index in [-0.39, 0.29) is 5.50 Å². The summed E-state index contributed by atoms with van der Waals surface area (Å²) < 4.78 is 0. The molecule has 0 spiro atoms. The van der Waals surface area contributed by atoms with Crippen LogP contribution in [-0.4, -0.2) is 16.3 Å². The van der Waals surface area contributed by atoms with Crippen LogP contribution in [0.3, 0.4) is 0 Å². The Kier molecular flexibility index (Phi) is 2.62. The number of hydrogen-bond acceptors (Lipinski definition) is 5. The van der Waals surface area contributed by atoms with Crippen molar-refractivity contribution in [2.45, 2.75) is 18.1 Å². The molecule has 0 amide bonds. The third-order valence-corrected chi connectivity index (χ3v) is 3.88. The van der Waals surface area contributed by atoms with Gasteiger partial charge in [-0.3, -0.25) is 10.7 Å². The Hall–Kier alpha value is -1.43. The molecule has 0 fully saturated rings. The molecule has 0 aliphatic carbocycles. The molecule has 2 atom stereocenters. The Bertz CT molecular complexity index is 573. The first kappa shape index (κ1) is 11.6. The second-order valence-corrected chi connectivity index (χ2v) is 5.57. The minimum absolute atomic E-state index is 0.260. The van der Waals surface area contributed by atoms with Crippen molar-refractivity contribution in [2.75, 3.05) is 0 Å². The van der Waals surface area contributed by atoms with Crippen LogP contribution < -0.4 is 11.5 Å². The molecule has 92 valence electrons. The van der Waals surface area contributed by atoms with Gasteiger partial charge in [-0.05, 0) is 24.6 Å². The Morgan fingerprint density at radius 2 is 2.00 bits per heavy atom. The van der Waals surface area contributed by atoms with Crippen molar-refractivity contribution < 1.29 is 0 Å². The van der Waals surface area contributed by atoms with Crippen LogP contribution in [0.4, 0.5) is 0 Å². The molecular weight excluding hydrogens is 244 g/mol. The SMILES string of the molecule is Cc1ccc(C2(N)C=CC3=NC(N)SC3=N2)cc1. The van der Waals surface area contributed by atoms with E-state index >= 15 is 0 Å². The van der Waals surface area contributed by atoms with E-state index < -0.39 is 5.66 Å². The monoisotopic (exact) mass is 258 g/mol. The van der Waals surface area contributed by atoms with E-state index in [0.29, 0.717) is 0 Å². The second-order valence-electron chi connectivity index (χ2n) is 4.46. The number of nitrogens with two attached hydrogens (primary N) is 2. The number of aliphatic imine (C=N–C) groups is 2. The zero-order chi connectivity index (χ0) is 12.8. The van der Waals surface area contributed by atoms with E-state index in [0.717, 1.165) is 16.3 Å². The highest BCUT2D eigenvalue weighted by atomic mass is 32.2. The molecule has 0 aromatic heterocycles. The first-order valence-electron chi connectivity index (χ1n) is 5.72. The summed E-state index contributed by atoms with van der Waals surface area (Å²) in [7, 11) is 0. The molecule has 1 aromatic rings. The van der Waals surface area contributed by atoms with Gasteiger partial charge in [0.2, 0.25) is 0 Å². The van der Waals surface area contributed by atoms with Crippen LogP contribution in [0.25, 0.3) is 0 Å². The highest BCUT2D eigenvalue weighted by molar-refractivity contribution is 8.16. The van der Waals surface area contributed by atoms with E-state index in [2.05, 4.69) is 9.98 Å². The number of rotatable bonds is 1. The normalized spacial score (nSPS) is 29.8. The smallest absolute Gasteiger partial charge is 0.154 e. The molecule has 0 bridgehead atoms. The first-order chi connectivity index (χ1) is 8.57. The van der Waals surface area contributed by atoms with Crippen LogP contribution in [0.1, 0.15) is 11.1 Å². The Labute approximate surface area is 110 Å². The van der Waals surface area contributed by atoms with Crippen molar-refractivity contribution in [2.24, 2.45) is 21.5 Å². The van der Waals surface area contributed by atoms with Crippen LogP contribution in [0.15, 0.2) is 46.4 Å². The Morgan fingerprint density at radius 1 is 1.28 bits per heavy atom. The van der Waals surface area contributed by atoms with Gasteiger partial charge in [0.15, 0.2) is 11.2 Å². The topological polar surface area (TPSA) is 76.8 Å². The number of fused-ring (bicyclic) bond motifs is 1. The average Bonchev–Trinajstić information content (AvgIpc) is 2.69. The molecule has 2 aliphatic heterocycles. The molecule has 5 heteroatoms. The molecule has 4 nitrogen and oxygen atoms in total. The minimum Gasteiger partial charge on any atom is -0.301 e. The van der Waals surface area contributed by atoms with Gasteiger partial charge >= 0.3 is 0 Å². The summed E-state index contributed by atoms with van der Waals surface area (Å²) in [5.74, 6) is 0. The molecule has 18 heavy (non-hydrogen) atoms. The van der Waals surface area contributed by atoms with Crippen LogP contribution in [0.5, 0.6) is 0 Å². The van der Waals surface area contributed by atoms with Crippen molar-refractivity contribution in [1.29, 1.82) is 0 Å². The van der Waals surface area contributed by atoms with Crippen molar-refractivity contribution >= 4 is 22.5 Å². The highest BCUT2D eigenvalue weighted by Crippen LogP contribution is 2.31. The average molecular weight is 258 g/mol. The molecule has 4 N–H and O–H groups in total. The molecule has 2 heterocycles. The fraction of sp³-hybridized carbons (Fsp3) is 0.231. The number of nitrogens with zero attached hydrogens (tertiary/aromatic N) is 2. The predicted molar refractivity (Wildman–Crippen MR) is 76.6 cm³/mol. The third kappa shape index (κ3) is 1.90. The molecule has 3 rings (SSSR count). The molecule has 2 aliphatic rings. The second kappa shape index (κ2) is 4.05. The van der Waals surface area contributed by atoms with Crippen molar-refractivity contribution in [3.63, 3.8) is 0 Å². The maximum Gasteiger partial charge on any atom is 0.154 e. The number of benzene rings is 1. The Morgan fingerprint density at radius 3 is 2.72 bits per heavy atom. The van der Waals surface area contributed by atoms with E-state index in [1.165, 1.54) is 17.3 Å². The molecule has 0 radical (unpaired) electrons. The van der Waals surface area contributed by atoms with E-state index in [4.69, 9.17) is 11.5 Å². The molecule has 0 saturated heterocycles. The van der Waals surface area contributed by atoms with Crippen LogP contribution in [0, 0.1) is 6.92 Å². The number of aryl methyl sites for hydroxylation is 1. The first-order valence-corrected chi connectivity index (χ1v) is 6.60. The van der Waals surface area contributed by atoms with Gasteiger partial charge in [-0.15, -0.1) is 0 Å². The summed E-state index contributed by atoms with van der Waals surface area (Å²) in [5.41, 5.74) is 14.0. The molecule has 1 aromatic carbocycles. The summed E-state index contributed by atoms with van der Waals surface area (Å²) in [6.45, 7) is 2.05. The van der Waals surface area contributed by atoms with Gasteiger partial charge in [0.05, 0.1) is 5.71 Å². The number of allylic oxidation sites excluding steroid dienone is 1. The number of hydrogen-bond donors (Lipinski definition) is 2. The maximum absolute atomic E-state index is 6.35.